The van der Waals surface area contributed by atoms with Gasteiger partial charge in [-0.1, -0.05) is 78.1 Å². The Balaban J connectivity index is 1.52. The third kappa shape index (κ3) is 6.02. The van der Waals surface area contributed by atoms with Crippen LogP contribution in [0.15, 0.2) is 30.6 Å². The van der Waals surface area contributed by atoms with Crippen molar-refractivity contribution in [2.45, 2.75) is 110 Å². The highest BCUT2D eigenvalue weighted by molar-refractivity contribution is 5.81. The number of fused-ring (bicyclic) bond motifs is 3. The SMILES string of the molecule is CCCCCCCCCCCCC(C)c1cc(O)c2c(c1)OC(C)(C)c1ccncc1-2. The molecular weight excluding hydrogens is 382 g/mol. The normalized spacial score (nSPS) is 15.1. The summed E-state index contributed by atoms with van der Waals surface area (Å²) >= 11 is 0. The molecule has 1 atom stereocenters. The lowest BCUT2D eigenvalue weighted by Crippen LogP contribution is -2.29. The van der Waals surface area contributed by atoms with Crippen molar-refractivity contribution in [3.05, 3.63) is 41.7 Å². The Kier molecular flexibility index (Phi) is 8.40. The third-order valence-corrected chi connectivity index (χ3v) is 6.77. The Labute approximate surface area is 189 Å². The standard InChI is InChI=1S/C28H41NO2/c1-5-6-7-8-9-10-11-12-13-14-15-21(2)22-18-25(30)27-23-20-29-17-16-24(23)28(3,4)31-26(27)19-22/h16-21,30H,5-15H2,1-4H3. The lowest BCUT2D eigenvalue weighted by Gasteiger charge is -2.35. The second-order valence-electron chi connectivity index (χ2n) is 9.82. The van der Waals surface area contributed by atoms with Gasteiger partial charge >= 0.3 is 0 Å². The van der Waals surface area contributed by atoms with E-state index in [4.69, 9.17) is 4.74 Å². The minimum Gasteiger partial charge on any atom is -0.507 e. The van der Waals surface area contributed by atoms with Crippen molar-refractivity contribution in [3.63, 3.8) is 0 Å². The summed E-state index contributed by atoms with van der Waals surface area (Å²) in [7, 11) is 0. The predicted molar refractivity (Wildman–Crippen MR) is 130 cm³/mol. The fourth-order valence-electron chi connectivity index (χ4n) is 4.81. The van der Waals surface area contributed by atoms with Gasteiger partial charge in [-0.05, 0) is 49.9 Å². The van der Waals surface area contributed by atoms with Gasteiger partial charge < -0.3 is 9.84 Å². The number of aromatic nitrogens is 1. The highest BCUT2D eigenvalue weighted by Crippen LogP contribution is 2.49. The fraction of sp³-hybridized carbons (Fsp3) is 0.607. The van der Waals surface area contributed by atoms with Crippen LogP contribution in [0, 0.1) is 0 Å². The molecule has 0 amide bonds. The van der Waals surface area contributed by atoms with Gasteiger partial charge in [0.1, 0.15) is 17.1 Å². The van der Waals surface area contributed by atoms with Crippen LogP contribution in [-0.2, 0) is 5.60 Å². The number of phenolic OH excluding ortho intramolecular Hbond substituents is 1. The Bertz CT molecular complexity index is 843. The Morgan fingerprint density at radius 1 is 0.968 bits per heavy atom. The van der Waals surface area contributed by atoms with Crippen molar-refractivity contribution >= 4 is 0 Å². The molecule has 170 valence electrons. The fourth-order valence-corrected chi connectivity index (χ4v) is 4.81. The van der Waals surface area contributed by atoms with Crippen LogP contribution < -0.4 is 4.74 Å². The van der Waals surface area contributed by atoms with Gasteiger partial charge in [-0.3, -0.25) is 4.98 Å². The largest absolute Gasteiger partial charge is 0.507 e. The van der Waals surface area contributed by atoms with E-state index >= 15 is 0 Å². The molecule has 0 bridgehead atoms. The average Bonchev–Trinajstić information content (AvgIpc) is 2.74. The second kappa shape index (κ2) is 11.0. The molecule has 1 aromatic heterocycles. The highest BCUT2D eigenvalue weighted by atomic mass is 16.5. The van der Waals surface area contributed by atoms with Crippen LogP contribution in [0.1, 0.15) is 115 Å². The Morgan fingerprint density at radius 2 is 1.61 bits per heavy atom. The molecular formula is C28H41NO2. The summed E-state index contributed by atoms with van der Waals surface area (Å²) < 4.78 is 6.33. The van der Waals surface area contributed by atoms with Crippen molar-refractivity contribution in [1.29, 1.82) is 0 Å². The first-order valence-corrected chi connectivity index (χ1v) is 12.4. The number of unbranched alkanes of at least 4 members (excludes halogenated alkanes) is 9. The van der Waals surface area contributed by atoms with Crippen molar-refractivity contribution < 1.29 is 9.84 Å². The Hall–Kier alpha value is -2.03. The molecule has 3 rings (SSSR count). The van der Waals surface area contributed by atoms with Gasteiger partial charge in [0.25, 0.3) is 0 Å². The molecule has 1 unspecified atom stereocenters. The third-order valence-electron chi connectivity index (χ3n) is 6.77. The summed E-state index contributed by atoms with van der Waals surface area (Å²) in [5.74, 6) is 1.48. The molecule has 2 aromatic rings. The van der Waals surface area contributed by atoms with E-state index in [2.05, 4.69) is 38.7 Å². The van der Waals surface area contributed by atoms with Gasteiger partial charge in [0.05, 0.1) is 5.56 Å². The first-order valence-electron chi connectivity index (χ1n) is 12.4. The van der Waals surface area contributed by atoms with Gasteiger partial charge in [-0.15, -0.1) is 0 Å². The van der Waals surface area contributed by atoms with E-state index in [0.29, 0.717) is 11.7 Å². The molecule has 1 aliphatic rings. The number of phenols is 1. The van der Waals surface area contributed by atoms with Crippen LogP contribution in [0.4, 0.5) is 0 Å². The van der Waals surface area contributed by atoms with Crippen LogP contribution >= 0.6 is 0 Å². The minimum atomic E-state index is -0.434. The molecule has 0 aliphatic carbocycles. The lowest BCUT2D eigenvalue weighted by molar-refractivity contribution is 0.105. The zero-order valence-corrected chi connectivity index (χ0v) is 20.0. The van der Waals surface area contributed by atoms with Gasteiger partial charge in [0.15, 0.2) is 0 Å². The summed E-state index contributed by atoms with van der Waals surface area (Å²) in [6, 6.07) is 6.05. The second-order valence-corrected chi connectivity index (χ2v) is 9.82. The zero-order valence-electron chi connectivity index (χ0n) is 20.0. The van der Waals surface area contributed by atoms with Gasteiger partial charge in [-0.25, -0.2) is 0 Å². The number of ether oxygens (including phenoxy) is 1. The maximum Gasteiger partial charge on any atom is 0.132 e. The summed E-state index contributed by atoms with van der Waals surface area (Å²) in [5.41, 5.74) is 3.54. The number of benzene rings is 1. The van der Waals surface area contributed by atoms with Gasteiger partial charge in [0.2, 0.25) is 0 Å². The van der Waals surface area contributed by atoms with Crippen LogP contribution in [0.5, 0.6) is 11.5 Å². The molecule has 0 saturated heterocycles. The van der Waals surface area contributed by atoms with Gasteiger partial charge in [-0.2, -0.15) is 0 Å². The van der Waals surface area contributed by atoms with Crippen LogP contribution in [-0.4, -0.2) is 10.1 Å². The molecule has 1 N–H and O–H groups in total. The summed E-state index contributed by atoms with van der Waals surface area (Å²) in [6.07, 6.45) is 18.4. The van der Waals surface area contributed by atoms with E-state index < -0.39 is 5.60 Å². The quantitative estimate of drug-likeness (QED) is 0.348. The minimum absolute atomic E-state index is 0.298. The smallest absolute Gasteiger partial charge is 0.132 e. The molecule has 3 heteroatoms. The van der Waals surface area contributed by atoms with Crippen molar-refractivity contribution in [1.82, 2.24) is 4.98 Å². The van der Waals surface area contributed by atoms with Crippen molar-refractivity contribution in [2.24, 2.45) is 0 Å². The predicted octanol–water partition coefficient (Wildman–Crippen LogP) is 8.50. The molecule has 3 nitrogen and oxygen atoms in total. The molecule has 0 spiro atoms. The maximum absolute atomic E-state index is 10.8. The molecule has 0 saturated carbocycles. The van der Waals surface area contributed by atoms with Crippen molar-refractivity contribution in [2.75, 3.05) is 0 Å². The topological polar surface area (TPSA) is 42.4 Å². The average molecular weight is 424 g/mol. The molecule has 2 heterocycles. The number of aromatic hydroxyl groups is 1. The van der Waals surface area contributed by atoms with Gasteiger partial charge in [0, 0.05) is 23.5 Å². The summed E-state index contributed by atoms with van der Waals surface area (Å²) in [4.78, 5) is 4.28. The van der Waals surface area contributed by atoms with Crippen molar-refractivity contribution in [3.8, 4) is 22.6 Å². The summed E-state index contributed by atoms with van der Waals surface area (Å²) in [5, 5.41) is 10.8. The van der Waals surface area contributed by atoms with Crippen LogP contribution in [0.2, 0.25) is 0 Å². The molecule has 1 aromatic carbocycles. The molecule has 0 radical (unpaired) electrons. The van der Waals surface area contributed by atoms with Crippen LogP contribution in [0.3, 0.4) is 0 Å². The number of nitrogens with zero attached hydrogens (tertiary/aromatic N) is 1. The summed E-state index contributed by atoms with van der Waals surface area (Å²) in [6.45, 7) is 8.69. The highest BCUT2D eigenvalue weighted by Gasteiger charge is 2.34. The monoisotopic (exact) mass is 423 g/mol. The molecule has 1 aliphatic heterocycles. The van der Waals surface area contributed by atoms with E-state index in [1.807, 2.05) is 18.3 Å². The first-order chi connectivity index (χ1) is 14.9. The first kappa shape index (κ1) is 23.6. The zero-order chi connectivity index (χ0) is 22.3. The Morgan fingerprint density at radius 3 is 2.29 bits per heavy atom. The van der Waals surface area contributed by atoms with E-state index in [9.17, 15) is 5.11 Å². The lowest BCUT2D eigenvalue weighted by atomic mass is 9.85. The van der Waals surface area contributed by atoms with E-state index in [-0.39, 0.29) is 0 Å². The number of hydrogen-bond donors (Lipinski definition) is 1. The van der Waals surface area contributed by atoms with E-state index in [0.717, 1.165) is 34.4 Å². The number of rotatable bonds is 12. The molecule has 31 heavy (non-hydrogen) atoms. The number of hydrogen-bond acceptors (Lipinski definition) is 3. The van der Waals surface area contributed by atoms with Crippen LogP contribution in [0.25, 0.3) is 11.1 Å². The molecule has 0 fully saturated rings. The van der Waals surface area contributed by atoms with E-state index in [1.54, 1.807) is 6.20 Å². The maximum atomic E-state index is 10.8. The van der Waals surface area contributed by atoms with E-state index in [1.165, 1.54) is 64.2 Å². The number of pyridine rings is 1.